The molecule has 0 saturated heterocycles. The summed E-state index contributed by atoms with van der Waals surface area (Å²) in [4.78, 5) is 45.8. The first-order valence-electron chi connectivity index (χ1n) is 12.5. The summed E-state index contributed by atoms with van der Waals surface area (Å²) in [5.41, 5.74) is 3.94. The van der Waals surface area contributed by atoms with Crippen molar-refractivity contribution in [1.82, 2.24) is 25.1 Å². The van der Waals surface area contributed by atoms with Gasteiger partial charge in [-0.05, 0) is 42.2 Å². The average Bonchev–Trinajstić information content (AvgIpc) is 3.66. The van der Waals surface area contributed by atoms with Crippen LogP contribution in [-0.4, -0.2) is 44.8 Å². The van der Waals surface area contributed by atoms with Crippen molar-refractivity contribution in [2.75, 3.05) is 6.54 Å². The molecular weight excluding hydrogens is 466 g/mol. The molecule has 1 fully saturated rings. The Morgan fingerprint density at radius 3 is 2.43 bits per heavy atom. The highest BCUT2D eigenvalue weighted by molar-refractivity contribution is 6.05. The Balaban J connectivity index is 1.21. The van der Waals surface area contributed by atoms with E-state index >= 15 is 0 Å². The quantitative estimate of drug-likeness (QED) is 0.413. The molecule has 2 atom stereocenters. The van der Waals surface area contributed by atoms with E-state index in [-0.39, 0.29) is 30.3 Å². The van der Waals surface area contributed by atoms with E-state index in [0.29, 0.717) is 17.0 Å². The van der Waals surface area contributed by atoms with E-state index in [1.54, 1.807) is 17.0 Å². The van der Waals surface area contributed by atoms with Crippen LogP contribution >= 0.6 is 0 Å². The van der Waals surface area contributed by atoms with Gasteiger partial charge in [0.25, 0.3) is 5.91 Å². The second-order valence-corrected chi connectivity index (χ2v) is 9.58. The maximum Gasteiger partial charge on any atom is 0.255 e. The van der Waals surface area contributed by atoms with E-state index in [1.807, 2.05) is 78.3 Å². The number of hydrogen-bond acceptors (Lipinski definition) is 4. The Bertz CT molecular complexity index is 1510. The summed E-state index contributed by atoms with van der Waals surface area (Å²) >= 11 is 0. The number of imidazole rings is 1. The van der Waals surface area contributed by atoms with Gasteiger partial charge in [0.15, 0.2) is 0 Å². The Hall–Kier alpha value is -4.46. The summed E-state index contributed by atoms with van der Waals surface area (Å²) in [6.07, 6.45) is 1.78. The smallest absolute Gasteiger partial charge is 0.255 e. The predicted molar refractivity (Wildman–Crippen MR) is 139 cm³/mol. The Kier molecular flexibility index (Phi) is 5.71. The number of hydrogen-bond donors (Lipinski definition) is 2. The van der Waals surface area contributed by atoms with Gasteiger partial charge in [0.1, 0.15) is 17.9 Å². The lowest BCUT2D eigenvalue weighted by Gasteiger charge is -2.24. The summed E-state index contributed by atoms with van der Waals surface area (Å²) < 4.78 is 1.97. The minimum absolute atomic E-state index is 0.0736. The van der Waals surface area contributed by atoms with Gasteiger partial charge in [-0.15, -0.1) is 0 Å². The van der Waals surface area contributed by atoms with Gasteiger partial charge < -0.3 is 20.1 Å². The fraction of sp³-hybridized carbons (Fsp3) is 0.241. The van der Waals surface area contributed by atoms with Crippen LogP contribution in [0.5, 0.6) is 0 Å². The van der Waals surface area contributed by atoms with Crippen molar-refractivity contribution in [2.45, 2.75) is 31.0 Å². The van der Waals surface area contributed by atoms with Crippen LogP contribution in [0.1, 0.15) is 52.2 Å². The number of carbonyl (C=O) groups excluding carboxylic acids is 3. The second-order valence-electron chi connectivity index (χ2n) is 9.58. The minimum atomic E-state index is -0.714. The fourth-order valence-corrected chi connectivity index (χ4v) is 5.17. The topological polar surface area (TPSA) is 96.3 Å². The molecule has 2 N–H and O–H groups in total. The van der Waals surface area contributed by atoms with Gasteiger partial charge in [-0.1, -0.05) is 60.7 Å². The standard InChI is InChI=1S/C29H27N5O3/c1-33-23-14-8-7-13-22(23)31-27(33)25(18-9-3-2-4-10-18)32-24(35)17-30-28(36)26-20-11-5-6-12-21(20)29(37)34(26)19-15-16-19/h2-14,19,25-26H,15-17H2,1H3,(H,30,36)(H,32,35). The third-order valence-electron chi connectivity index (χ3n) is 7.13. The van der Waals surface area contributed by atoms with Crippen LogP contribution in [0.15, 0.2) is 78.9 Å². The third kappa shape index (κ3) is 4.14. The molecule has 0 radical (unpaired) electrons. The highest BCUT2D eigenvalue weighted by Crippen LogP contribution is 2.41. The number of carbonyl (C=O) groups is 3. The van der Waals surface area contributed by atoms with Gasteiger partial charge in [0, 0.05) is 18.7 Å². The van der Waals surface area contributed by atoms with Crippen LogP contribution < -0.4 is 10.6 Å². The molecule has 37 heavy (non-hydrogen) atoms. The van der Waals surface area contributed by atoms with Crippen molar-refractivity contribution in [3.8, 4) is 0 Å². The number of aromatic nitrogens is 2. The number of rotatable bonds is 7. The third-order valence-corrected chi connectivity index (χ3v) is 7.13. The monoisotopic (exact) mass is 493 g/mol. The molecule has 8 heteroatoms. The number of fused-ring (bicyclic) bond motifs is 2. The summed E-state index contributed by atoms with van der Waals surface area (Å²) in [7, 11) is 1.93. The fourth-order valence-electron chi connectivity index (χ4n) is 5.17. The Morgan fingerprint density at radius 1 is 0.973 bits per heavy atom. The summed E-state index contributed by atoms with van der Waals surface area (Å²) in [5, 5.41) is 5.83. The van der Waals surface area contributed by atoms with Gasteiger partial charge in [0.2, 0.25) is 11.8 Å². The SMILES string of the molecule is Cn1c(C(NC(=O)CNC(=O)C2c3ccccc3C(=O)N2C2CC2)c2ccccc2)nc2ccccc21. The number of nitrogens with zero attached hydrogens (tertiary/aromatic N) is 3. The molecule has 6 rings (SSSR count). The van der Waals surface area contributed by atoms with Crippen LogP contribution in [-0.2, 0) is 16.6 Å². The molecule has 3 aromatic carbocycles. The lowest BCUT2D eigenvalue weighted by Crippen LogP contribution is -2.44. The summed E-state index contributed by atoms with van der Waals surface area (Å²) in [6.45, 7) is -0.211. The zero-order valence-corrected chi connectivity index (χ0v) is 20.4. The second kappa shape index (κ2) is 9.20. The molecule has 0 bridgehead atoms. The molecule has 2 unspecified atom stereocenters. The number of para-hydroxylation sites is 2. The first-order chi connectivity index (χ1) is 18.0. The highest BCUT2D eigenvalue weighted by atomic mass is 16.2. The van der Waals surface area contributed by atoms with E-state index in [0.717, 1.165) is 29.4 Å². The van der Waals surface area contributed by atoms with Crippen LogP contribution in [0.4, 0.5) is 0 Å². The number of benzene rings is 3. The maximum absolute atomic E-state index is 13.3. The summed E-state index contributed by atoms with van der Waals surface area (Å²) in [6, 6.07) is 23.5. The first-order valence-corrected chi connectivity index (χ1v) is 12.5. The van der Waals surface area contributed by atoms with Crippen molar-refractivity contribution in [3.63, 3.8) is 0 Å². The highest BCUT2D eigenvalue weighted by Gasteiger charge is 2.47. The van der Waals surface area contributed by atoms with Crippen molar-refractivity contribution < 1.29 is 14.4 Å². The number of nitrogens with one attached hydrogen (secondary N) is 2. The van der Waals surface area contributed by atoms with Gasteiger partial charge in [-0.3, -0.25) is 14.4 Å². The molecule has 8 nitrogen and oxygen atoms in total. The van der Waals surface area contributed by atoms with Gasteiger partial charge in [0.05, 0.1) is 17.6 Å². The lowest BCUT2D eigenvalue weighted by atomic mass is 10.0. The van der Waals surface area contributed by atoms with E-state index < -0.39 is 12.1 Å². The molecule has 3 amide bonds. The van der Waals surface area contributed by atoms with E-state index in [9.17, 15) is 14.4 Å². The molecule has 1 aliphatic heterocycles. The molecule has 4 aromatic rings. The van der Waals surface area contributed by atoms with Gasteiger partial charge in [-0.25, -0.2) is 4.98 Å². The van der Waals surface area contributed by atoms with Crippen molar-refractivity contribution in [2.24, 2.45) is 7.05 Å². The Labute approximate surface area is 214 Å². The predicted octanol–water partition coefficient (Wildman–Crippen LogP) is 3.25. The van der Waals surface area contributed by atoms with Gasteiger partial charge in [-0.2, -0.15) is 0 Å². The molecular formula is C29H27N5O3. The summed E-state index contributed by atoms with van der Waals surface area (Å²) in [5.74, 6) is -0.111. The molecule has 186 valence electrons. The average molecular weight is 494 g/mol. The van der Waals surface area contributed by atoms with Crippen molar-refractivity contribution >= 4 is 28.8 Å². The Morgan fingerprint density at radius 2 is 1.68 bits per heavy atom. The molecule has 2 heterocycles. The zero-order chi connectivity index (χ0) is 25.5. The number of amides is 3. The van der Waals surface area contributed by atoms with E-state index in [2.05, 4.69) is 10.6 Å². The van der Waals surface area contributed by atoms with Crippen LogP contribution in [0.2, 0.25) is 0 Å². The lowest BCUT2D eigenvalue weighted by molar-refractivity contribution is -0.129. The number of aryl methyl sites for hydroxylation is 1. The van der Waals surface area contributed by atoms with E-state index in [1.165, 1.54) is 0 Å². The van der Waals surface area contributed by atoms with Crippen LogP contribution in [0, 0.1) is 0 Å². The largest absolute Gasteiger partial charge is 0.345 e. The zero-order valence-electron chi connectivity index (χ0n) is 20.4. The molecule has 1 saturated carbocycles. The van der Waals surface area contributed by atoms with Crippen molar-refractivity contribution in [3.05, 3.63) is 101 Å². The van der Waals surface area contributed by atoms with Gasteiger partial charge >= 0.3 is 0 Å². The first kappa shape index (κ1) is 23.0. The molecule has 1 aliphatic carbocycles. The van der Waals surface area contributed by atoms with E-state index in [4.69, 9.17) is 4.98 Å². The van der Waals surface area contributed by atoms with Crippen LogP contribution in [0.3, 0.4) is 0 Å². The normalized spacial score (nSPS) is 17.5. The molecule has 0 spiro atoms. The molecule has 1 aromatic heterocycles. The van der Waals surface area contributed by atoms with Crippen molar-refractivity contribution in [1.29, 1.82) is 0 Å². The minimum Gasteiger partial charge on any atom is -0.345 e. The molecule has 2 aliphatic rings. The maximum atomic E-state index is 13.3. The van der Waals surface area contributed by atoms with Crippen LogP contribution in [0.25, 0.3) is 11.0 Å².